The van der Waals surface area contributed by atoms with E-state index in [4.69, 9.17) is 4.79 Å². The summed E-state index contributed by atoms with van der Waals surface area (Å²) < 4.78 is 0. The third kappa shape index (κ3) is 1200. The van der Waals surface area contributed by atoms with Crippen LogP contribution in [0.25, 0.3) is 0 Å². The Morgan fingerprint density at radius 1 is 1.71 bits per heavy atom. The molecule has 0 bridgehead atoms. The van der Waals surface area contributed by atoms with Crippen LogP contribution in [0.2, 0.25) is 0 Å². The van der Waals surface area contributed by atoms with Crippen molar-refractivity contribution in [1.29, 1.82) is 0 Å². The van der Waals surface area contributed by atoms with E-state index in [1.54, 1.807) is 6.92 Å². The number of primary amides is 1. The van der Waals surface area contributed by atoms with Crippen LogP contribution < -0.4 is 5.73 Å². The molecule has 0 saturated heterocycles. The van der Waals surface area contributed by atoms with Gasteiger partial charge in [0.15, 0.2) is 0 Å². The minimum atomic E-state index is -0.750. The molecular formula is C3H7NOSZn. The van der Waals surface area contributed by atoms with Crippen molar-refractivity contribution in [2.45, 2.75) is 6.92 Å². The number of rotatable bonds is 0. The molecule has 2 nitrogen and oxygen atoms in total. The predicted octanol–water partition coefficient (Wildman–Crippen LogP) is 0.450. The van der Waals surface area contributed by atoms with Crippen molar-refractivity contribution in [2.24, 2.45) is 5.73 Å². The summed E-state index contributed by atoms with van der Waals surface area (Å²) >= 11 is 3.76. The number of carbonyl (C=O) groups excluding carboxylic acids is 1. The van der Waals surface area contributed by atoms with Crippen molar-refractivity contribution in [3.8, 4) is 0 Å². The molecule has 0 heterocycles. The van der Waals surface area contributed by atoms with E-state index >= 15 is 0 Å². The molecule has 4 heteroatoms. The molecule has 38 valence electrons. The van der Waals surface area contributed by atoms with Gasteiger partial charge in [-0.15, -0.1) is 0 Å². The average molecular weight is 171 g/mol. The van der Waals surface area contributed by atoms with Crippen molar-refractivity contribution in [3.63, 3.8) is 0 Å². The summed E-state index contributed by atoms with van der Waals surface area (Å²) in [6, 6.07) is 0. The Kier molecular flexibility index (Phi) is 36.3. The smallest absolute Gasteiger partial charge is 0.719 e. The largest absolute Gasteiger partial charge is 2.00 e. The Labute approximate surface area is 62.0 Å². The van der Waals surface area contributed by atoms with Gasteiger partial charge < -0.3 is 30.1 Å². The maximum atomic E-state index is 9.04. The molecule has 0 atom stereocenters. The van der Waals surface area contributed by atoms with Crippen LogP contribution in [0.1, 0.15) is 6.92 Å². The summed E-state index contributed by atoms with van der Waals surface area (Å²) in [7, 11) is 0. The first-order valence-corrected chi connectivity index (χ1v) is 1.81. The molecule has 0 aliphatic carbocycles. The first kappa shape index (κ1) is 15.7. The van der Waals surface area contributed by atoms with Gasteiger partial charge in [0.2, 0.25) is 0 Å². The summed E-state index contributed by atoms with van der Waals surface area (Å²) in [6.07, 6.45) is 0. The fraction of sp³-hybridized carbons (Fsp3) is 0.333. The molecule has 1 amide bonds. The van der Waals surface area contributed by atoms with Crippen LogP contribution in [0, 0.1) is 6.92 Å². The second-order valence-electron chi connectivity index (χ2n) is 0.319. The Morgan fingerprint density at radius 2 is 1.71 bits per heavy atom. The van der Waals surface area contributed by atoms with Crippen molar-refractivity contribution in [1.82, 2.24) is 0 Å². The minimum Gasteiger partial charge on any atom is -0.719 e. The van der Waals surface area contributed by atoms with Gasteiger partial charge in [-0.05, 0) is 0 Å². The fourth-order valence-corrected chi connectivity index (χ4v) is 0. The molecule has 0 saturated carbocycles. The van der Waals surface area contributed by atoms with Gasteiger partial charge >= 0.3 is 19.5 Å². The van der Waals surface area contributed by atoms with E-state index in [0.29, 0.717) is 0 Å². The maximum absolute atomic E-state index is 9.04. The van der Waals surface area contributed by atoms with E-state index in [1.807, 2.05) is 0 Å². The number of hydrogen-bond donors (Lipinski definition) is 1. The third-order valence-corrected chi connectivity index (χ3v) is 0. The second kappa shape index (κ2) is 16.2. The van der Waals surface area contributed by atoms with Gasteiger partial charge in [0.1, 0.15) is 0 Å². The van der Waals surface area contributed by atoms with Crippen LogP contribution >= 0.6 is 0 Å². The molecular weight excluding hydrogens is 163 g/mol. The van der Waals surface area contributed by atoms with Crippen molar-refractivity contribution >= 4 is 17.9 Å². The fourth-order valence-electron chi connectivity index (χ4n) is 0. The zero-order valence-electron chi connectivity index (χ0n) is 4.31. The van der Waals surface area contributed by atoms with E-state index < -0.39 is 5.24 Å². The molecule has 0 radical (unpaired) electrons. The van der Waals surface area contributed by atoms with E-state index in [1.165, 1.54) is 0 Å². The number of amides is 1. The Bertz CT molecular complexity index is 37.9. The van der Waals surface area contributed by atoms with Gasteiger partial charge in [0.25, 0.3) is 0 Å². The molecule has 7 heavy (non-hydrogen) atoms. The van der Waals surface area contributed by atoms with Gasteiger partial charge in [-0.25, -0.2) is 0 Å². The Hall–Kier alpha value is 0.313. The standard InChI is InChI=1S/C2H5.CH3NOS.Zn/c1-2;2-1(3)4;/h1H2,2H3;(H3,2,3,4);/q-1;;+2/p-1. The monoisotopic (exact) mass is 169 g/mol. The normalized spacial score (nSPS) is 4.29. The van der Waals surface area contributed by atoms with Gasteiger partial charge in [0, 0.05) is 0 Å². The molecule has 0 fully saturated rings. The number of nitrogens with two attached hydrogens (primary N) is 1. The van der Waals surface area contributed by atoms with E-state index in [0.717, 1.165) is 0 Å². The van der Waals surface area contributed by atoms with E-state index in [9.17, 15) is 0 Å². The second-order valence-corrected chi connectivity index (χ2v) is 0.721. The summed E-state index contributed by atoms with van der Waals surface area (Å²) in [5.41, 5.74) is 4.29. The van der Waals surface area contributed by atoms with Gasteiger partial charge in [-0.2, -0.15) is 6.92 Å². The molecule has 0 rings (SSSR count). The minimum absolute atomic E-state index is 0. The summed E-state index contributed by atoms with van der Waals surface area (Å²) in [4.78, 5) is 9.04. The Morgan fingerprint density at radius 3 is 1.71 bits per heavy atom. The van der Waals surface area contributed by atoms with E-state index in [2.05, 4.69) is 25.3 Å². The van der Waals surface area contributed by atoms with E-state index in [-0.39, 0.29) is 19.5 Å². The van der Waals surface area contributed by atoms with Crippen LogP contribution in [0.4, 0.5) is 4.79 Å². The van der Waals surface area contributed by atoms with Gasteiger partial charge in [-0.3, -0.25) is 0 Å². The first-order chi connectivity index (χ1) is 2.73. The number of carbonyl (C=O) groups is 1. The predicted molar refractivity (Wildman–Crippen MR) is 28.0 cm³/mol. The third-order valence-electron chi connectivity index (χ3n) is 0. The van der Waals surface area contributed by atoms with Crippen molar-refractivity contribution in [3.05, 3.63) is 6.92 Å². The van der Waals surface area contributed by atoms with Crippen LogP contribution in [0.5, 0.6) is 0 Å². The zero-order valence-corrected chi connectivity index (χ0v) is 8.09. The SMILES string of the molecule is NC(=O)[S-].[CH2-]C.[Zn+2]. The van der Waals surface area contributed by atoms with Crippen molar-refractivity contribution < 1.29 is 24.3 Å². The van der Waals surface area contributed by atoms with Crippen LogP contribution in [-0.4, -0.2) is 5.24 Å². The summed E-state index contributed by atoms with van der Waals surface area (Å²) in [6.45, 7) is 5.00. The summed E-state index contributed by atoms with van der Waals surface area (Å²) in [5, 5.41) is -0.750. The van der Waals surface area contributed by atoms with Gasteiger partial charge in [-0.1, -0.05) is 0 Å². The molecule has 0 spiro atoms. The molecule has 0 aliphatic heterocycles. The maximum Gasteiger partial charge on any atom is 2.00 e. The molecule has 2 N–H and O–H groups in total. The molecule has 0 aromatic carbocycles. The first-order valence-electron chi connectivity index (χ1n) is 1.40. The number of hydrogen-bond acceptors (Lipinski definition) is 2. The van der Waals surface area contributed by atoms with Crippen LogP contribution in [0.15, 0.2) is 0 Å². The molecule has 0 aromatic rings. The summed E-state index contributed by atoms with van der Waals surface area (Å²) in [5.74, 6) is 0. The Balaban J connectivity index is -0.0000000480. The average Bonchev–Trinajstić information content (AvgIpc) is 1.41. The van der Waals surface area contributed by atoms with Crippen molar-refractivity contribution in [2.75, 3.05) is 0 Å². The van der Waals surface area contributed by atoms with Crippen LogP contribution in [0.3, 0.4) is 0 Å². The topological polar surface area (TPSA) is 43.1 Å². The zero-order chi connectivity index (χ0) is 5.58. The van der Waals surface area contributed by atoms with Gasteiger partial charge in [0.05, 0.1) is 5.24 Å². The molecule has 0 aromatic heterocycles. The molecule has 0 aliphatic rings. The van der Waals surface area contributed by atoms with Crippen LogP contribution in [-0.2, 0) is 32.1 Å². The quantitative estimate of drug-likeness (QED) is 0.326. The molecule has 0 unspecified atom stereocenters.